The average molecular weight is 356 g/mol. The number of benzene rings is 2. The molecule has 2 aromatic rings. The fraction of sp³-hybridized carbons (Fsp3) is 0.381. The molecule has 0 radical (unpaired) electrons. The van der Waals surface area contributed by atoms with Crippen molar-refractivity contribution in [2.45, 2.75) is 19.8 Å². The Labute approximate surface area is 154 Å². The van der Waals surface area contributed by atoms with Crippen molar-refractivity contribution in [1.29, 1.82) is 0 Å². The highest BCUT2D eigenvalue weighted by Crippen LogP contribution is 2.27. The third-order valence-electron chi connectivity index (χ3n) is 4.67. The Morgan fingerprint density at radius 2 is 1.81 bits per heavy atom. The second-order valence-electron chi connectivity index (χ2n) is 6.91. The summed E-state index contributed by atoms with van der Waals surface area (Å²) in [5.74, 6) is -0.605. The summed E-state index contributed by atoms with van der Waals surface area (Å²) >= 11 is 0. The van der Waals surface area contributed by atoms with E-state index in [0.29, 0.717) is 0 Å². The maximum Gasteiger partial charge on any atom is 0.232 e. The fourth-order valence-electron chi connectivity index (χ4n) is 3.33. The molecule has 1 fully saturated rings. The molecule has 1 aliphatic rings. The van der Waals surface area contributed by atoms with Crippen LogP contribution in [0, 0.1) is 11.7 Å². The van der Waals surface area contributed by atoms with Gasteiger partial charge in [0, 0.05) is 24.5 Å². The number of carbonyl (C=O) groups is 1. The molecular formula is C21H25FN2O2. The van der Waals surface area contributed by atoms with Crippen molar-refractivity contribution in [3.63, 3.8) is 0 Å². The fourth-order valence-corrected chi connectivity index (χ4v) is 3.33. The Balaban J connectivity index is 1.76. The van der Waals surface area contributed by atoms with Crippen molar-refractivity contribution in [1.82, 2.24) is 0 Å². The van der Waals surface area contributed by atoms with Gasteiger partial charge in [-0.1, -0.05) is 32.0 Å². The lowest BCUT2D eigenvalue weighted by Gasteiger charge is -2.29. The van der Waals surface area contributed by atoms with Crippen LogP contribution in [0.5, 0.6) is 0 Å². The SMILES string of the molecule is CC(C)C(C(=O)Nc1cccc(N2CCOCC2)c1)c1ccc(F)cc1. The van der Waals surface area contributed by atoms with Crippen LogP contribution in [0.4, 0.5) is 15.8 Å². The lowest BCUT2D eigenvalue weighted by Crippen LogP contribution is -2.36. The van der Waals surface area contributed by atoms with E-state index in [1.165, 1.54) is 12.1 Å². The third-order valence-corrected chi connectivity index (χ3v) is 4.67. The van der Waals surface area contributed by atoms with E-state index < -0.39 is 0 Å². The first kappa shape index (κ1) is 18.4. The van der Waals surface area contributed by atoms with Crippen molar-refractivity contribution in [3.8, 4) is 0 Å². The van der Waals surface area contributed by atoms with Crippen molar-refractivity contribution >= 4 is 17.3 Å². The molecule has 5 heteroatoms. The molecular weight excluding hydrogens is 331 g/mol. The number of morpholine rings is 1. The number of amides is 1. The molecule has 1 unspecified atom stereocenters. The van der Waals surface area contributed by atoms with Crippen LogP contribution < -0.4 is 10.2 Å². The smallest absolute Gasteiger partial charge is 0.232 e. The van der Waals surface area contributed by atoms with E-state index in [-0.39, 0.29) is 23.6 Å². The Morgan fingerprint density at radius 1 is 1.12 bits per heavy atom. The second-order valence-corrected chi connectivity index (χ2v) is 6.91. The molecule has 3 rings (SSSR count). The molecule has 1 atom stereocenters. The van der Waals surface area contributed by atoms with Crippen LogP contribution >= 0.6 is 0 Å². The molecule has 1 N–H and O–H groups in total. The molecule has 26 heavy (non-hydrogen) atoms. The Kier molecular flexibility index (Phi) is 5.89. The van der Waals surface area contributed by atoms with E-state index in [1.54, 1.807) is 12.1 Å². The quantitative estimate of drug-likeness (QED) is 0.879. The molecule has 1 aliphatic heterocycles. The Morgan fingerprint density at radius 3 is 2.46 bits per heavy atom. The number of hydrogen-bond acceptors (Lipinski definition) is 3. The summed E-state index contributed by atoms with van der Waals surface area (Å²) in [5.41, 5.74) is 2.67. The van der Waals surface area contributed by atoms with E-state index >= 15 is 0 Å². The van der Waals surface area contributed by atoms with Crippen LogP contribution in [0.3, 0.4) is 0 Å². The zero-order valence-electron chi connectivity index (χ0n) is 15.2. The number of anilines is 2. The van der Waals surface area contributed by atoms with Gasteiger partial charge in [-0.05, 0) is 41.8 Å². The maximum atomic E-state index is 13.2. The Bertz CT molecular complexity index is 740. The van der Waals surface area contributed by atoms with E-state index in [4.69, 9.17) is 4.74 Å². The first-order valence-electron chi connectivity index (χ1n) is 9.03. The van der Waals surface area contributed by atoms with Gasteiger partial charge in [-0.2, -0.15) is 0 Å². The normalized spacial score (nSPS) is 15.8. The number of hydrogen-bond donors (Lipinski definition) is 1. The van der Waals surface area contributed by atoms with Crippen molar-refractivity contribution < 1.29 is 13.9 Å². The monoisotopic (exact) mass is 356 g/mol. The van der Waals surface area contributed by atoms with Gasteiger partial charge in [-0.15, -0.1) is 0 Å². The molecule has 0 aromatic heterocycles. The number of ether oxygens (including phenoxy) is 1. The van der Waals surface area contributed by atoms with E-state index in [1.807, 2.05) is 38.1 Å². The summed E-state index contributed by atoms with van der Waals surface area (Å²) in [6, 6.07) is 14.0. The van der Waals surface area contributed by atoms with Crippen LogP contribution in [-0.4, -0.2) is 32.2 Å². The largest absolute Gasteiger partial charge is 0.378 e. The lowest BCUT2D eigenvalue weighted by atomic mass is 9.87. The van der Waals surface area contributed by atoms with Crippen molar-refractivity contribution in [2.75, 3.05) is 36.5 Å². The van der Waals surface area contributed by atoms with Crippen LogP contribution in [0.2, 0.25) is 0 Å². The minimum absolute atomic E-state index is 0.0780. The molecule has 138 valence electrons. The zero-order chi connectivity index (χ0) is 18.5. The predicted octanol–water partition coefficient (Wildman–Crippen LogP) is 4.04. The highest BCUT2D eigenvalue weighted by molar-refractivity contribution is 5.96. The zero-order valence-corrected chi connectivity index (χ0v) is 15.2. The van der Waals surface area contributed by atoms with Gasteiger partial charge in [-0.25, -0.2) is 4.39 Å². The number of rotatable bonds is 5. The molecule has 1 amide bonds. The third kappa shape index (κ3) is 4.41. The molecule has 4 nitrogen and oxygen atoms in total. The van der Waals surface area contributed by atoms with Gasteiger partial charge in [0.05, 0.1) is 19.1 Å². The molecule has 0 aliphatic carbocycles. The molecule has 1 saturated heterocycles. The van der Waals surface area contributed by atoms with Gasteiger partial charge in [0.15, 0.2) is 0 Å². The molecule has 0 spiro atoms. The van der Waals surface area contributed by atoms with Gasteiger partial charge in [0.2, 0.25) is 5.91 Å². The van der Waals surface area contributed by atoms with Crippen molar-refractivity contribution in [2.24, 2.45) is 5.92 Å². The van der Waals surface area contributed by atoms with Crippen LogP contribution in [0.1, 0.15) is 25.3 Å². The van der Waals surface area contributed by atoms with Crippen molar-refractivity contribution in [3.05, 3.63) is 59.9 Å². The van der Waals surface area contributed by atoms with E-state index in [2.05, 4.69) is 10.2 Å². The highest BCUT2D eigenvalue weighted by atomic mass is 19.1. The van der Waals surface area contributed by atoms with Gasteiger partial charge < -0.3 is 15.0 Å². The second kappa shape index (κ2) is 8.32. The van der Waals surface area contributed by atoms with E-state index in [9.17, 15) is 9.18 Å². The summed E-state index contributed by atoms with van der Waals surface area (Å²) in [6.45, 7) is 7.13. The summed E-state index contributed by atoms with van der Waals surface area (Å²) in [7, 11) is 0. The lowest BCUT2D eigenvalue weighted by molar-refractivity contribution is -0.118. The van der Waals surface area contributed by atoms with E-state index in [0.717, 1.165) is 43.2 Å². The summed E-state index contributed by atoms with van der Waals surface area (Å²) in [4.78, 5) is 15.1. The van der Waals surface area contributed by atoms with Crippen LogP contribution in [0.25, 0.3) is 0 Å². The maximum absolute atomic E-state index is 13.2. The molecule has 0 bridgehead atoms. The molecule has 0 saturated carbocycles. The molecule has 1 heterocycles. The Hall–Kier alpha value is -2.40. The summed E-state index contributed by atoms with van der Waals surface area (Å²) < 4.78 is 18.6. The van der Waals surface area contributed by atoms with Gasteiger partial charge >= 0.3 is 0 Å². The first-order valence-corrected chi connectivity index (χ1v) is 9.03. The van der Waals surface area contributed by atoms with Crippen LogP contribution in [-0.2, 0) is 9.53 Å². The number of halogens is 1. The minimum Gasteiger partial charge on any atom is -0.378 e. The van der Waals surface area contributed by atoms with Crippen LogP contribution in [0.15, 0.2) is 48.5 Å². The topological polar surface area (TPSA) is 41.6 Å². The standard InChI is InChI=1S/C21H25FN2O2/c1-15(2)20(16-6-8-17(22)9-7-16)21(25)23-18-4-3-5-19(14-18)24-10-12-26-13-11-24/h3-9,14-15,20H,10-13H2,1-2H3,(H,23,25). The summed E-state index contributed by atoms with van der Waals surface area (Å²) in [6.07, 6.45) is 0. The van der Waals surface area contributed by atoms with Gasteiger partial charge in [0.1, 0.15) is 5.82 Å². The predicted molar refractivity (Wildman–Crippen MR) is 102 cm³/mol. The van der Waals surface area contributed by atoms with Gasteiger partial charge in [0.25, 0.3) is 0 Å². The molecule has 2 aromatic carbocycles. The number of carbonyl (C=O) groups excluding carboxylic acids is 1. The summed E-state index contributed by atoms with van der Waals surface area (Å²) in [5, 5.41) is 3.03. The highest BCUT2D eigenvalue weighted by Gasteiger charge is 2.24. The number of nitrogens with zero attached hydrogens (tertiary/aromatic N) is 1. The number of nitrogens with one attached hydrogen (secondary N) is 1. The average Bonchev–Trinajstić information content (AvgIpc) is 2.64. The van der Waals surface area contributed by atoms with Gasteiger partial charge in [-0.3, -0.25) is 4.79 Å². The minimum atomic E-state index is -0.331. The first-order chi connectivity index (χ1) is 12.5.